The minimum atomic E-state index is -3.52. The number of hydrogen-bond acceptors (Lipinski definition) is 7. The normalized spacial score (nSPS) is 16.1. The van der Waals surface area contributed by atoms with Crippen LogP contribution in [0.3, 0.4) is 0 Å². The quantitative estimate of drug-likeness (QED) is 0.563. The second-order valence-electron chi connectivity index (χ2n) is 4.37. The van der Waals surface area contributed by atoms with Crippen molar-refractivity contribution in [3.8, 4) is 11.5 Å². The Morgan fingerprint density at radius 2 is 1.09 bits per heavy atom. The van der Waals surface area contributed by atoms with E-state index < -0.39 is 29.8 Å². The average molecular weight is 374 g/mol. The van der Waals surface area contributed by atoms with Crippen molar-refractivity contribution in [2.75, 3.05) is 6.66 Å². The van der Waals surface area contributed by atoms with Crippen molar-refractivity contribution in [2.45, 2.75) is 9.79 Å². The molecule has 23 heavy (non-hydrogen) atoms. The SMILES string of the molecule is CP(=O)(Oc1ccc(S(=O)[O-])cc1)Oc1ccc(S(=O)[O-])cc1. The molecule has 2 rings (SSSR count). The monoisotopic (exact) mass is 374 g/mol. The van der Waals surface area contributed by atoms with E-state index in [1.807, 2.05) is 0 Å². The summed E-state index contributed by atoms with van der Waals surface area (Å²) in [7, 11) is -3.52. The van der Waals surface area contributed by atoms with E-state index in [0.29, 0.717) is 0 Å². The molecule has 10 heteroatoms. The molecule has 0 amide bonds. The second kappa shape index (κ2) is 7.37. The van der Waals surface area contributed by atoms with Gasteiger partial charge in [0.05, 0.1) is 6.66 Å². The summed E-state index contributed by atoms with van der Waals surface area (Å²) in [5.41, 5.74) is 0. The van der Waals surface area contributed by atoms with Gasteiger partial charge >= 0.3 is 7.60 Å². The molecule has 0 aromatic heterocycles. The van der Waals surface area contributed by atoms with E-state index >= 15 is 0 Å². The Hall–Kier alpha value is -1.51. The molecular formula is C13H11O7PS2-2. The summed E-state index contributed by atoms with van der Waals surface area (Å²) in [6.45, 7) is 1.24. The van der Waals surface area contributed by atoms with Crippen LogP contribution in [0, 0.1) is 0 Å². The number of hydrogen-bond donors (Lipinski definition) is 0. The van der Waals surface area contributed by atoms with Gasteiger partial charge < -0.3 is 18.2 Å². The van der Waals surface area contributed by atoms with E-state index in [9.17, 15) is 22.1 Å². The largest absolute Gasteiger partial charge is 0.768 e. The third-order valence-corrected chi connectivity index (χ3v) is 4.97. The highest BCUT2D eigenvalue weighted by Gasteiger charge is 2.20. The molecule has 0 heterocycles. The Morgan fingerprint density at radius 3 is 1.35 bits per heavy atom. The summed E-state index contributed by atoms with van der Waals surface area (Å²) in [5, 5.41) is 0. The average Bonchev–Trinajstić information content (AvgIpc) is 2.47. The number of benzene rings is 2. The van der Waals surface area contributed by atoms with E-state index in [0.717, 1.165) is 0 Å². The van der Waals surface area contributed by atoms with Crippen molar-refractivity contribution in [3.05, 3.63) is 48.5 Å². The second-order valence-corrected chi connectivity index (χ2v) is 8.16. The van der Waals surface area contributed by atoms with Crippen LogP contribution in [0.2, 0.25) is 0 Å². The van der Waals surface area contributed by atoms with E-state index in [-0.39, 0.29) is 21.3 Å². The minimum absolute atomic E-state index is 0.0744. The third kappa shape index (κ3) is 5.26. The predicted octanol–water partition coefficient (Wildman–Crippen LogP) is 2.44. The van der Waals surface area contributed by atoms with Crippen molar-refractivity contribution in [1.82, 2.24) is 0 Å². The molecule has 0 aliphatic rings. The standard InChI is InChI=1S/C13H13O7PS2/c1-21(14,19-10-2-6-12(7-3-10)22(15)16)20-11-4-8-13(9-5-11)23(17)18/h2-9H,1H3,(H,15,16)(H,17,18)/p-2. The smallest absolute Gasteiger partial charge is 0.427 e. The van der Waals surface area contributed by atoms with Crippen LogP contribution in [-0.4, -0.2) is 24.2 Å². The molecule has 2 aromatic rings. The van der Waals surface area contributed by atoms with Crippen LogP contribution >= 0.6 is 7.60 Å². The van der Waals surface area contributed by atoms with Crippen LogP contribution in [0.4, 0.5) is 0 Å². The first-order valence-corrected chi connectivity index (χ1v) is 10.3. The Kier molecular flexibility index (Phi) is 5.72. The van der Waals surface area contributed by atoms with Crippen LogP contribution < -0.4 is 9.05 Å². The molecule has 0 N–H and O–H groups in total. The molecule has 0 saturated carbocycles. The molecule has 0 aliphatic heterocycles. The van der Waals surface area contributed by atoms with Crippen molar-refractivity contribution in [1.29, 1.82) is 0 Å². The zero-order valence-corrected chi connectivity index (χ0v) is 14.3. The lowest BCUT2D eigenvalue weighted by Crippen LogP contribution is -2.00. The maximum Gasteiger partial charge on any atom is 0.427 e. The molecule has 0 saturated heterocycles. The summed E-state index contributed by atoms with van der Waals surface area (Å²) in [4.78, 5) is 0.149. The molecule has 0 bridgehead atoms. The maximum absolute atomic E-state index is 12.3. The predicted molar refractivity (Wildman–Crippen MR) is 82.0 cm³/mol. The zero-order valence-electron chi connectivity index (χ0n) is 11.7. The fourth-order valence-corrected chi connectivity index (χ4v) is 3.39. The molecule has 0 fully saturated rings. The van der Waals surface area contributed by atoms with Crippen LogP contribution in [0.15, 0.2) is 58.3 Å². The van der Waals surface area contributed by atoms with Gasteiger partial charge in [0.15, 0.2) is 0 Å². The van der Waals surface area contributed by atoms with Gasteiger partial charge in [0.1, 0.15) is 11.5 Å². The lowest BCUT2D eigenvalue weighted by atomic mass is 10.3. The van der Waals surface area contributed by atoms with Gasteiger partial charge in [-0.1, -0.05) is 0 Å². The molecule has 0 aliphatic carbocycles. The van der Waals surface area contributed by atoms with Crippen molar-refractivity contribution >= 4 is 29.8 Å². The van der Waals surface area contributed by atoms with Crippen molar-refractivity contribution in [3.63, 3.8) is 0 Å². The summed E-state index contributed by atoms with van der Waals surface area (Å²) in [5.74, 6) is 0.365. The first-order chi connectivity index (χ1) is 10.8. The van der Waals surface area contributed by atoms with Gasteiger partial charge in [-0.25, -0.2) is 4.57 Å². The molecule has 2 aromatic carbocycles. The molecule has 124 valence electrons. The molecular weight excluding hydrogens is 363 g/mol. The summed E-state index contributed by atoms with van der Waals surface area (Å²) >= 11 is -4.71. The fourth-order valence-electron chi connectivity index (χ4n) is 1.62. The highest BCUT2D eigenvalue weighted by Crippen LogP contribution is 2.44. The van der Waals surface area contributed by atoms with E-state index in [1.54, 1.807) is 0 Å². The minimum Gasteiger partial charge on any atom is -0.768 e. The Labute approximate surface area is 137 Å². The Morgan fingerprint density at radius 1 is 0.783 bits per heavy atom. The van der Waals surface area contributed by atoms with E-state index in [4.69, 9.17) is 9.05 Å². The first-order valence-electron chi connectivity index (χ1n) is 6.12. The zero-order chi connectivity index (χ0) is 17.0. The maximum atomic E-state index is 12.3. The topological polar surface area (TPSA) is 116 Å². The lowest BCUT2D eigenvalue weighted by Gasteiger charge is -2.17. The van der Waals surface area contributed by atoms with Crippen molar-refractivity contribution in [2.24, 2.45) is 0 Å². The fraction of sp³-hybridized carbons (Fsp3) is 0.0769. The van der Waals surface area contributed by atoms with Gasteiger partial charge in [0.2, 0.25) is 0 Å². The first kappa shape index (κ1) is 17.8. The van der Waals surface area contributed by atoms with Gasteiger partial charge in [-0.15, -0.1) is 0 Å². The van der Waals surface area contributed by atoms with Crippen LogP contribution in [0.1, 0.15) is 0 Å². The molecule has 0 spiro atoms. The van der Waals surface area contributed by atoms with Crippen LogP contribution in [0.25, 0.3) is 0 Å². The van der Waals surface area contributed by atoms with Gasteiger partial charge in [0.25, 0.3) is 0 Å². The van der Waals surface area contributed by atoms with E-state index in [1.165, 1.54) is 55.2 Å². The van der Waals surface area contributed by atoms with Gasteiger partial charge in [-0.05, 0) is 70.7 Å². The van der Waals surface area contributed by atoms with E-state index in [2.05, 4.69) is 0 Å². The van der Waals surface area contributed by atoms with Crippen LogP contribution in [-0.2, 0) is 26.7 Å². The third-order valence-electron chi connectivity index (χ3n) is 2.57. The molecule has 2 unspecified atom stereocenters. The van der Waals surface area contributed by atoms with Gasteiger partial charge in [-0.2, -0.15) is 0 Å². The molecule has 7 nitrogen and oxygen atoms in total. The molecule has 0 radical (unpaired) electrons. The summed E-state index contributed by atoms with van der Waals surface area (Å²) in [6, 6.07) is 10.6. The van der Waals surface area contributed by atoms with Gasteiger partial charge in [0, 0.05) is 9.79 Å². The van der Waals surface area contributed by atoms with Gasteiger partial charge in [-0.3, -0.25) is 8.42 Å². The van der Waals surface area contributed by atoms with Crippen molar-refractivity contribution < 1.29 is 31.1 Å². The Bertz CT molecular complexity index is 710. The van der Waals surface area contributed by atoms with Crippen LogP contribution in [0.5, 0.6) is 11.5 Å². The Balaban J connectivity index is 2.07. The highest BCUT2D eigenvalue weighted by atomic mass is 32.2. The summed E-state index contributed by atoms with van der Waals surface area (Å²) < 4.78 is 65.8. The highest BCUT2D eigenvalue weighted by molar-refractivity contribution is 7.79. The summed E-state index contributed by atoms with van der Waals surface area (Å²) in [6.07, 6.45) is 0. The lowest BCUT2D eigenvalue weighted by molar-refractivity contribution is 0.393. The molecule has 2 atom stereocenters. The number of rotatable bonds is 6.